The summed E-state index contributed by atoms with van der Waals surface area (Å²) < 4.78 is 2.06. The molecule has 5 fully saturated rings. The second-order valence-electron chi connectivity index (χ2n) is 11.7. The molecule has 5 atom stereocenters. The molecule has 1 unspecified atom stereocenters. The highest BCUT2D eigenvalue weighted by atomic mass is 16.3. The molecular formula is C26H32N6O4. The number of nitrogens with zero attached hydrogens (tertiary/aromatic N) is 3. The van der Waals surface area contributed by atoms with Crippen LogP contribution in [0.15, 0.2) is 18.5 Å². The van der Waals surface area contributed by atoms with Crippen LogP contribution in [0, 0.1) is 17.8 Å². The minimum Gasteiger partial charge on any atom is -0.393 e. The number of aliphatic hydroxyl groups is 2. The fraction of sp³-hybridized carbons (Fsp3) is 0.615. The maximum atomic E-state index is 12.9. The number of amides is 2. The van der Waals surface area contributed by atoms with Gasteiger partial charge in [0, 0.05) is 23.8 Å². The number of aromatic amines is 1. The minimum atomic E-state index is -0.749. The van der Waals surface area contributed by atoms with Crippen LogP contribution in [0.2, 0.25) is 0 Å². The Bertz CT molecular complexity index is 1340. The van der Waals surface area contributed by atoms with Crippen molar-refractivity contribution in [1.29, 1.82) is 0 Å². The predicted molar refractivity (Wildman–Crippen MR) is 132 cm³/mol. The summed E-state index contributed by atoms with van der Waals surface area (Å²) in [5.41, 5.74) is 1.11. The highest BCUT2D eigenvalue weighted by molar-refractivity contribution is 6.40. The van der Waals surface area contributed by atoms with Crippen LogP contribution >= 0.6 is 0 Å². The number of aliphatic hydroxyl groups excluding tert-OH is 1. The first kappa shape index (κ1) is 22.2. The van der Waals surface area contributed by atoms with Gasteiger partial charge in [-0.05, 0) is 81.6 Å². The average molecular weight is 493 g/mol. The van der Waals surface area contributed by atoms with Gasteiger partial charge >= 0.3 is 11.8 Å². The lowest BCUT2D eigenvalue weighted by molar-refractivity contribution is -0.148. The highest BCUT2D eigenvalue weighted by Gasteiger charge is 2.56. The van der Waals surface area contributed by atoms with E-state index < -0.39 is 17.4 Å². The molecule has 0 spiro atoms. The second-order valence-corrected chi connectivity index (χ2v) is 11.7. The van der Waals surface area contributed by atoms with E-state index in [1.807, 2.05) is 12.3 Å². The third-order valence-electron chi connectivity index (χ3n) is 9.19. The molecule has 5 aliphatic rings. The lowest BCUT2D eigenvalue weighted by Crippen LogP contribution is -2.55. The van der Waals surface area contributed by atoms with Crippen molar-refractivity contribution in [2.75, 3.05) is 5.32 Å². The number of aromatic nitrogens is 4. The molecule has 5 N–H and O–H groups in total. The van der Waals surface area contributed by atoms with E-state index in [1.165, 1.54) is 0 Å². The van der Waals surface area contributed by atoms with Crippen LogP contribution in [0.3, 0.4) is 0 Å². The van der Waals surface area contributed by atoms with E-state index in [1.54, 1.807) is 6.20 Å². The fourth-order valence-corrected chi connectivity index (χ4v) is 7.92. The summed E-state index contributed by atoms with van der Waals surface area (Å²) in [6.45, 7) is 0. The van der Waals surface area contributed by atoms with Gasteiger partial charge in [-0.1, -0.05) is 0 Å². The Morgan fingerprint density at radius 2 is 1.81 bits per heavy atom. The van der Waals surface area contributed by atoms with Gasteiger partial charge in [-0.25, -0.2) is 4.98 Å². The summed E-state index contributed by atoms with van der Waals surface area (Å²) in [6.07, 6.45) is 10.5. The first-order valence-electron chi connectivity index (χ1n) is 13.2. The number of hydrogen-bond acceptors (Lipinski definition) is 6. The Hall–Kier alpha value is -2.98. The summed E-state index contributed by atoms with van der Waals surface area (Å²) in [4.78, 5) is 33.3. The molecule has 3 aromatic heterocycles. The maximum Gasteiger partial charge on any atom is 0.314 e. The molecule has 0 aliphatic heterocycles. The van der Waals surface area contributed by atoms with Gasteiger partial charge in [0.1, 0.15) is 5.65 Å². The van der Waals surface area contributed by atoms with Gasteiger partial charge in [0.2, 0.25) is 0 Å². The summed E-state index contributed by atoms with van der Waals surface area (Å²) >= 11 is 0. The summed E-state index contributed by atoms with van der Waals surface area (Å²) in [5.74, 6) is 0.142. The van der Waals surface area contributed by atoms with E-state index in [0.717, 1.165) is 48.7 Å². The number of pyridine rings is 1. The summed E-state index contributed by atoms with van der Waals surface area (Å²) in [7, 11) is 0. The standard InChI is InChI=1S/C26H32N6O4/c33-17-3-1-16(2-4-17)29-24(34)25(35)30-23-19-12-28-22-18(5-6-27-22)21(19)32(31-23)20-14-7-13-8-15(20)11-26(36,9-13)10-14/h5-6,12-17,20,33,36H,1-4,7-11H2,(H,27,28)(H,29,34)(H,30,31,35)/t13?,14-,15+,16-,17-,20+,26-. The van der Waals surface area contributed by atoms with Crippen molar-refractivity contribution >= 4 is 39.6 Å². The SMILES string of the molecule is O=C(Nc1nn([C@H]2[C@@H]3CC4C[C@H]2C[C@@](O)(C4)C3)c2c1cnc1[nH]ccc12)C(=O)N[C@H]1CC[C@H](O)CC1. The molecule has 0 radical (unpaired) electrons. The van der Waals surface area contributed by atoms with Crippen LogP contribution in [0.5, 0.6) is 0 Å². The number of carbonyl (C=O) groups is 2. The number of rotatable bonds is 3. The molecule has 3 aromatic rings. The van der Waals surface area contributed by atoms with Crippen molar-refractivity contribution < 1.29 is 19.8 Å². The quantitative estimate of drug-likeness (QED) is 0.355. The largest absolute Gasteiger partial charge is 0.393 e. The minimum absolute atomic E-state index is 0.110. The molecule has 0 saturated heterocycles. The van der Waals surface area contributed by atoms with Crippen molar-refractivity contribution in [3.63, 3.8) is 0 Å². The number of nitrogens with one attached hydrogen (secondary N) is 3. The van der Waals surface area contributed by atoms with Crippen LogP contribution in [0.1, 0.15) is 63.8 Å². The van der Waals surface area contributed by atoms with Crippen molar-refractivity contribution in [3.05, 3.63) is 18.5 Å². The molecule has 0 aromatic carbocycles. The van der Waals surface area contributed by atoms with E-state index in [0.29, 0.717) is 54.6 Å². The number of H-pyrrole nitrogens is 1. The number of anilines is 1. The van der Waals surface area contributed by atoms with Gasteiger partial charge < -0.3 is 25.8 Å². The second kappa shape index (κ2) is 8.01. The smallest absolute Gasteiger partial charge is 0.314 e. The van der Waals surface area contributed by atoms with Gasteiger partial charge in [-0.2, -0.15) is 5.10 Å². The predicted octanol–water partition coefficient (Wildman–Crippen LogP) is 2.38. The molecule has 8 rings (SSSR count). The Morgan fingerprint density at radius 3 is 2.53 bits per heavy atom. The maximum absolute atomic E-state index is 12.9. The van der Waals surface area contributed by atoms with Crippen molar-refractivity contribution in [3.8, 4) is 0 Å². The van der Waals surface area contributed by atoms with Crippen molar-refractivity contribution in [2.24, 2.45) is 17.8 Å². The monoisotopic (exact) mass is 492 g/mol. The molecule has 10 heteroatoms. The third kappa shape index (κ3) is 3.53. The first-order valence-corrected chi connectivity index (χ1v) is 13.2. The molecule has 5 saturated carbocycles. The van der Waals surface area contributed by atoms with Gasteiger partial charge in [0.15, 0.2) is 5.82 Å². The molecule has 3 heterocycles. The van der Waals surface area contributed by atoms with Gasteiger partial charge in [-0.15, -0.1) is 0 Å². The molecule has 5 aliphatic carbocycles. The molecule has 10 nitrogen and oxygen atoms in total. The van der Waals surface area contributed by atoms with Crippen LogP contribution < -0.4 is 10.6 Å². The van der Waals surface area contributed by atoms with E-state index in [-0.39, 0.29) is 18.2 Å². The zero-order valence-electron chi connectivity index (χ0n) is 20.1. The normalized spacial score (nSPS) is 35.4. The Balaban J connectivity index is 1.22. The van der Waals surface area contributed by atoms with Crippen LogP contribution in [0.4, 0.5) is 5.82 Å². The number of hydrogen-bond donors (Lipinski definition) is 5. The van der Waals surface area contributed by atoms with Crippen molar-refractivity contribution in [1.82, 2.24) is 25.1 Å². The first-order chi connectivity index (χ1) is 17.4. The molecular weight excluding hydrogens is 460 g/mol. The van der Waals surface area contributed by atoms with Gasteiger partial charge in [0.05, 0.1) is 28.6 Å². The Kier molecular flexibility index (Phi) is 4.95. The van der Waals surface area contributed by atoms with E-state index in [9.17, 15) is 19.8 Å². The van der Waals surface area contributed by atoms with Crippen LogP contribution in [0.25, 0.3) is 21.9 Å². The molecule has 190 valence electrons. The molecule has 4 bridgehead atoms. The van der Waals surface area contributed by atoms with Crippen molar-refractivity contribution in [2.45, 2.75) is 81.6 Å². The number of carbonyl (C=O) groups excluding carboxylic acids is 2. The lowest BCUT2D eigenvalue weighted by Gasteiger charge is -2.57. The van der Waals surface area contributed by atoms with Crippen LogP contribution in [-0.4, -0.2) is 59.5 Å². The zero-order chi connectivity index (χ0) is 24.6. The summed E-state index contributed by atoms with van der Waals surface area (Å²) in [6, 6.07) is 2.00. The van der Waals surface area contributed by atoms with E-state index in [2.05, 4.69) is 25.3 Å². The van der Waals surface area contributed by atoms with E-state index in [4.69, 9.17) is 5.10 Å². The highest BCUT2D eigenvalue weighted by Crippen LogP contribution is 2.60. The van der Waals surface area contributed by atoms with E-state index >= 15 is 0 Å². The fourth-order valence-electron chi connectivity index (χ4n) is 7.92. The molecule has 2 amide bonds. The summed E-state index contributed by atoms with van der Waals surface area (Å²) in [5, 5.41) is 32.9. The zero-order valence-corrected chi connectivity index (χ0v) is 20.1. The lowest BCUT2D eigenvalue weighted by atomic mass is 9.52. The topological polar surface area (TPSA) is 145 Å². The average Bonchev–Trinajstić information content (AvgIpc) is 3.44. The van der Waals surface area contributed by atoms with Gasteiger partial charge in [0.25, 0.3) is 0 Å². The van der Waals surface area contributed by atoms with Gasteiger partial charge in [-0.3, -0.25) is 14.3 Å². The number of fused-ring (bicyclic) bond motifs is 3. The Labute approximate surface area is 207 Å². The third-order valence-corrected chi connectivity index (χ3v) is 9.19. The molecule has 36 heavy (non-hydrogen) atoms. The Morgan fingerprint density at radius 1 is 1.06 bits per heavy atom. The van der Waals surface area contributed by atoms with Crippen LogP contribution in [-0.2, 0) is 9.59 Å².